The van der Waals surface area contributed by atoms with E-state index in [1.807, 2.05) is 0 Å². The highest BCUT2D eigenvalue weighted by atomic mass is 16.6. The third-order valence-electron chi connectivity index (χ3n) is 3.40. The van der Waals surface area contributed by atoms with Crippen molar-refractivity contribution >= 4 is 29.2 Å². The van der Waals surface area contributed by atoms with Crippen LogP contribution in [0.25, 0.3) is 0 Å². The number of carbonyl (C=O) groups is 1. The zero-order chi connectivity index (χ0) is 19.3. The van der Waals surface area contributed by atoms with Crippen LogP contribution in [0.1, 0.15) is 15.9 Å². The van der Waals surface area contributed by atoms with E-state index < -0.39 is 15.8 Å². The predicted molar refractivity (Wildman–Crippen MR) is 95.6 cm³/mol. The van der Waals surface area contributed by atoms with E-state index in [1.165, 1.54) is 36.5 Å². The molecule has 0 spiro atoms. The summed E-state index contributed by atoms with van der Waals surface area (Å²) in [6.07, 6.45) is 1.27. The molecule has 0 aliphatic rings. The van der Waals surface area contributed by atoms with Crippen molar-refractivity contribution in [1.29, 1.82) is 0 Å². The number of carbonyl (C=O) groups excluding carboxylic acids is 1. The van der Waals surface area contributed by atoms with Crippen molar-refractivity contribution in [3.8, 4) is 0 Å². The molecule has 0 aromatic heterocycles. The number of anilines is 1. The van der Waals surface area contributed by atoms with E-state index >= 15 is 0 Å². The third kappa shape index (κ3) is 4.38. The Morgan fingerprint density at radius 1 is 1.08 bits per heavy atom. The molecule has 10 nitrogen and oxygen atoms in total. The van der Waals surface area contributed by atoms with Crippen LogP contribution < -0.4 is 10.3 Å². The average Bonchev–Trinajstić information content (AvgIpc) is 2.61. The molecule has 2 aromatic rings. The van der Waals surface area contributed by atoms with Gasteiger partial charge in [-0.25, -0.2) is 5.43 Å². The largest absolute Gasteiger partial charge is 0.372 e. The number of benzene rings is 2. The van der Waals surface area contributed by atoms with Gasteiger partial charge >= 0.3 is 0 Å². The summed E-state index contributed by atoms with van der Waals surface area (Å²) in [5.74, 6) is -0.560. The maximum absolute atomic E-state index is 11.9. The summed E-state index contributed by atoms with van der Waals surface area (Å²) in [6, 6.07) is 9.59. The molecule has 0 aliphatic carbocycles. The van der Waals surface area contributed by atoms with E-state index in [4.69, 9.17) is 0 Å². The highest BCUT2D eigenvalue weighted by Gasteiger charge is 2.15. The van der Waals surface area contributed by atoms with Crippen LogP contribution >= 0.6 is 0 Å². The molecule has 2 aromatic carbocycles. The molecule has 134 valence electrons. The molecule has 0 fully saturated rings. The van der Waals surface area contributed by atoms with E-state index in [1.54, 1.807) is 31.1 Å². The third-order valence-corrected chi connectivity index (χ3v) is 3.40. The molecule has 0 saturated heterocycles. The van der Waals surface area contributed by atoms with Gasteiger partial charge < -0.3 is 4.90 Å². The zero-order valence-corrected chi connectivity index (χ0v) is 13.9. The van der Waals surface area contributed by atoms with Crippen molar-refractivity contribution in [3.63, 3.8) is 0 Å². The highest BCUT2D eigenvalue weighted by Crippen LogP contribution is 2.27. The zero-order valence-electron chi connectivity index (χ0n) is 13.9. The lowest BCUT2D eigenvalue weighted by Crippen LogP contribution is -2.17. The fraction of sp³-hybridized carbons (Fsp3) is 0.125. The fourth-order valence-corrected chi connectivity index (χ4v) is 2.11. The van der Waals surface area contributed by atoms with E-state index in [0.717, 1.165) is 0 Å². The fourth-order valence-electron chi connectivity index (χ4n) is 2.11. The summed E-state index contributed by atoms with van der Waals surface area (Å²) in [6.45, 7) is 0. The Hall–Kier alpha value is -3.82. The van der Waals surface area contributed by atoms with Gasteiger partial charge in [0.05, 0.1) is 16.1 Å². The van der Waals surface area contributed by atoms with E-state index in [2.05, 4.69) is 10.5 Å². The van der Waals surface area contributed by atoms with Crippen molar-refractivity contribution in [2.75, 3.05) is 19.0 Å². The summed E-state index contributed by atoms with van der Waals surface area (Å²) in [5, 5.41) is 25.5. The molecule has 0 atom stereocenters. The minimum Gasteiger partial charge on any atom is -0.372 e. The predicted octanol–water partition coefficient (Wildman–Crippen LogP) is 2.33. The maximum Gasteiger partial charge on any atom is 0.293 e. The molecule has 26 heavy (non-hydrogen) atoms. The van der Waals surface area contributed by atoms with Gasteiger partial charge in [0, 0.05) is 43.4 Å². The molecule has 0 unspecified atom stereocenters. The van der Waals surface area contributed by atoms with Crippen LogP contribution in [-0.4, -0.2) is 36.1 Å². The minimum atomic E-state index is -0.565. The first-order valence-electron chi connectivity index (χ1n) is 7.33. The SMILES string of the molecule is CN(C)c1ccc(/C=N/NC(=O)c2ccc([N+](=O)[O-])cc2)cc1[N+](=O)[O-]. The second-order valence-electron chi connectivity index (χ2n) is 5.40. The molecule has 0 aliphatic heterocycles. The van der Waals surface area contributed by atoms with Crippen LogP contribution in [0.15, 0.2) is 47.6 Å². The van der Waals surface area contributed by atoms with Gasteiger partial charge in [-0.15, -0.1) is 0 Å². The van der Waals surface area contributed by atoms with Crippen molar-refractivity contribution in [3.05, 3.63) is 73.8 Å². The van der Waals surface area contributed by atoms with Gasteiger partial charge in [0.2, 0.25) is 0 Å². The van der Waals surface area contributed by atoms with E-state index in [0.29, 0.717) is 11.3 Å². The normalized spacial score (nSPS) is 10.5. The summed E-state index contributed by atoms with van der Waals surface area (Å²) >= 11 is 0. The van der Waals surface area contributed by atoms with Crippen molar-refractivity contribution < 1.29 is 14.6 Å². The van der Waals surface area contributed by atoms with Gasteiger partial charge in [-0.3, -0.25) is 25.0 Å². The van der Waals surface area contributed by atoms with Gasteiger partial charge in [0.15, 0.2) is 0 Å². The lowest BCUT2D eigenvalue weighted by Gasteiger charge is -2.12. The van der Waals surface area contributed by atoms with Crippen LogP contribution in [0.5, 0.6) is 0 Å². The Balaban J connectivity index is 2.10. The molecule has 0 heterocycles. The number of nitro benzene ring substituents is 2. The first-order valence-corrected chi connectivity index (χ1v) is 7.33. The van der Waals surface area contributed by atoms with Crippen LogP contribution in [-0.2, 0) is 0 Å². The molecular formula is C16H15N5O5. The quantitative estimate of drug-likeness (QED) is 0.479. The number of hydrazone groups is 1. The summed E-state index contributed by atoms with van der Waals surface area (Å²) in [5.41, 5.74) is 3.13. The van der Waals surface area contributed by atoms with Crippen LogP contribution in [0.4, 0.5) is 17.1 Å². The number of nitro groups is 2. The van der Waals surface area contributed by atoms with Crippen molar-refractivity contribution in [2.45, 2.75) is 0 Å². The Morgan fingerprint density at radius 3 is 2.27 bits per heavy atom. The topological polar surface area (TPSA) is 131 Å². The highest BCUT2D eigenvalue weighted by molar-refractivity contribution is 5.95. The second-order valence-corrected chi connectivity index (χ2v) is 5.40. The van der Waals surface area contributed by atoms with E-state index in [-0.39, 0.29) is 16.9 Å². The second kappa shape index (κ2) is 7.83. The Morgan fingerprint density at radius 2 is 1.73 bits per heavy atom. The smallest absolute Gasteiger partial charge is 0.293 e. The van der Waals surface area contributed by atoms with E-state index in [9.17, 15) is 25.0 Å². The van der Waals surface area contributed by atoms with Gasteiger partial charge in [-0.1, -0.05) is 6.07 Å². The summed E-state index contributed by atoms with van der Waals surface area (Å²) in [7, 11) is 3.39. The lowest BCUT2D eigenvalue weighted by atomic mass is 10.2. The van der Waals surface area contributed by atoms with Gasteiger partial charge in [0.25, 0.3) is 17.3 Å². The maximum atomic E-state index is 11.9. The molecule has 2 rings (SSSR count). The Bertz CT molecular complexity index is 877. The van der Waals surface area contributed by atoms with Gasteiger partial charge in [-0.2, -0.15) is 5.10 Å². The number of amides is 1. The first kappa shape index (κ1) is 18.5. The molecule has 1 N–H and O–H groups in total. The van der Waals surface area contributed by atoms with Crippen molar-refractivity contribution in [2.24, 2.45) is 5.10 Å². The number of nitrogens with one attached hydrogen (secondary N) is 1. The van der Waals surface area contributed by atoms with Crippen LogP contribution in [0.2, 0.25) is 0 Å². The standard InChI is InChI=1S/C16H15N5O5/c1-19(2)14-8-3-11(9-15(14)21(25)26)10-17-18-16(22)12-4-6-13(7-5-12)20(23)24/h3-10H,1-2H3,(H,18,22)/b17-10+. The first-order chi connectivity index (χ1) is 12.3. The number of nitrogens with zero attached hydrogens (tertiary/aromatic N) is 4. The lowest BCUT2D eigenvalue weighted by molar-refractivity contribution is -0.384. The molecular weight excluding hydrogens is 342 g/mol. The molecule has 0 bridgehead atoms. The molecule has 10 heteroatoms. The summed E-state index contributed by atoms with van der Waals surface area (Å²) in [4.78, 5) is 34.2. The molecule has 0 saturated carbocycles. The number of hydrogen-bond donors (Lipinski definition) is 1. The minimum absolute atomic E-state index is 0.0827. The van der Waals surface area contributed by atoms with Gasteiger partial charge in [0.1, 0.15) is 5.69 Å². The Labute approximate surface area is 148 Å². The monoisotopic (exact) mass is 357 g/mol. The Kier molecular flexibility index (Phi) is 5.58. The molecule has 0 radical (unpaired) electrons. The average molecular weight is 357 g/mol. The van der Waals surface area contributed by atoms with Crippen molar-refractivity contribution in [1.82, 2.24) is 5.43 Å². The number of non-ortho nitro benzene ring substituents is 1. The number of rotatable bonds is 6. The van der Waals surface area contributed by atoms with Crippen LogP contribution in [0.3, 0.4) is 0 Å². The molecule has 1 amide bonds. The van der Waals surface area contributed by atoms with Gasteiger partial charge in [-0.05, 0) is 18.2 Å². The number of hydrogen-bond acceptors (Lipinski definition) is 7. The summed E-state index contributed by atoms with van der Waals surface area (Å²) < 4.78 is 0. The van der Waals surface area contributed by atoms with Crippen LogP contribution in [0, 0.1) is 20.2 Å².